The van der Waals surface area contributed by atoms with Gasteiger partial charge in [-0.05, 0) is 108 Å². The molecular formula is C44H55BrF2N2O. The number of rotatable bonds is 12. The fraction of sp³-hybridized carbons (Fsp3) is 0.500. The quantitative estimate of drug-likeness (QED) is 0.147. The van der Waals surface area contributed by atoms with Crippen LogP contribution >= 0.6 is 15.9 Å². The maximum atomic E-state index is 14.1. The van der Waals surface area contributed by atoms with Gasteiger partial charge in [-0.25, -0.2) is 13.8 Å². The van der Waals surface area contributed by atoms with E-state index in [-0.39, 0.29) is 11.6 Å². The summed E-state index contributed by atoms with van der Waals surface area (Å²) < 4.78 is 28.7. The molecule has 0 spiro atoms. The van der Waals surface area contributed by atoms with Gasteiger partial charge in [0.2, 0.25) is 0 Å². The topological polar surface area (TPSA) is 46.0 Å². The van der Waals surface area contributed by atoms with Gasteiger partial charge >= 0.3 is 0 Å². The summed E-state index contributed by atoms with van der Waals surface area (Å²) in [6.07, 6.45) is 24.4. The molecule has 2 aromatic carbocycles. The van der Waals surface area contributed by atoms with Gasteiger partial charge in [-0.2, -0.15) is 0 Å². The SMILES string of the molecule is CCCCCC1CCC(c2ccc(-c3ncc(Br)cc3F)cc2)CC1.CCCCCC1CCC(c2ccc(-c3ncc(O)cc3F)cc2)CC1. The molecular weight excluding hydrogens is 690 g/mol. The molecule has 268 valence electrons. The van der Waals surface area contributed by atoms with Crippen molar-refractivity contribution in [1.29, 1.82) is 0 Å². The molecule has 6 rings (SSSR count). The number of benzene rings is 2. The standard InChI is InChI=1S/C22H27BrFN.C22H28FNO/c1-2-3-4-5-16-6-8-17(9-7-16)18-10-12-19(13-11-18)22-21(24)14-20(23)15-25-22;1-2-3-4-5-16-6-8-17(9-7-16)18-10-12-19(13-11-18)22-21(23)14-20(25)15-24-22/h10-17H,2-9H2,1H3;10-17,25H,2-9H2,1H3. The molecule has 0 amide bonds. The number of nitrogens with zero attached hydrogens (tertiary/aromatic N) is 2. The van der Waals surface area contributed by atoms with Crippen molar-refractivity contribution in [2.24, 2.45) is 11.8 Å². The van der Waals surface area contributed by atoms with Crippen molar-refractivity contribution in [3.63, 3.8) is 0 Å². The van der Waals surface area contributed by atoms with Crippen LogP contribution in [0.5, 0.6) is 5.75 Å². The van der Waals surface area contributed by atoms with Crippen molar-refractivity contribution in [3.8, 4) is 28.3 Å². The van der Waals surface area contributed by atoms with Crippen LogP contribution in [0.25, 0.3) is 22.5 Å². The summed E-state index contributed by atoms with van der Waals surface area (Å²) >= 11 is 3.25. The van der Waals surface area contributed by atoms with Gasteiger partial charge in [0.1, 0.15) is 17.1 Å². The molecule has 6 heteroatoms. The van der Waals surface area contributed by atoms with Gasteiger partial charge in [0.15, 0.2) is 11.6 Å². The number of aromatic hydroxyl groups is 1. The van der Waals surface area contributed by atoms with Crippen LogP contribution in [0.1, 0.15) is 140 Å². The minimum absolute atomic E-state index is 0.145. The highest BCUT2D eigenvalue weighted by Gasteiger charge is 2.23. The van der Waals surface area contributed by atoms with E-state index in [1.165, 1.54) is 126 Å². The highest BCUT2D eigenvalue weighted by molar-refractivity contribution is 9.10. The van der Waals surface area contributed by atoms with Gasteiger partial charge in [0.05, 0.1) is 6.20 Å². The predicted octanol–water partition coefficient (Wildman–Crippen LogP) is 14.0. The Bertz CT molecular complexity index is 1470. The first kappa shape index (κ1) is 38.1. The molecule has 4 aromatic rings. The highest BCUT2D eigenvalue weighted by atomic mass is 79.9. The molecule has 0 aliphatic heterocycles. The Balaban J connectivity index is 0.000000194. The maximum Gasteiger partial charge on any atom is 0.153 e. The van der Waals surface area contributed by atoms with E-state index in [1.54, 1.807) is 6.20 Å². The van der Waals surface area contributed by atoms with Crippen molar-refractivity contribution in [2.75, 3.05) is 0 Å². The summed E-state index contributed by atoms with van der Waals surface area (Å²) in [6.45, 7) is 4.54. The lowest BCUT2D eigenvalue weighted by Crippen LogP contribution is -2.13. The first-order valence-corrected chi connectivity index (χ1v) is 20.0. The first-order valence-electron chi connectivity index (χ1n) is 19.2. The van der Waals surface area contributed by atoms with E-state index in [2.05, 4.69) is 64.0 Å². The molecule has 0 saturated heterocycles. The van der Waals surface area contributed by atoms with E-state index >= 15 is 0 Å². The van der Waals surface area contributed by atoms with Crippen molar-refractivity contribution in [2.45, 2.75) is 128 Å². The minimum atomic E-state index is -0.486. The fourth-order valence-corrected chi connectivity index (χ4v) is 8.33. The second-order valence-corrected chi connectivity index (χ2v) is 15.6. The van der Waals surface area contributed by atoms with E-state index in [9.17, 15) is 13.9 Å². The number of hydrogen-bond acceptors (Lipinski definition) is 3. The van der Waals surface area contributed by atoms with Crippen molar-refractivity contribution >= 4 is 15.9 Å². The van der Waals surface area contributed by atoms with E-state index < -0.39 is 5.82 Å². The third-order valence-electron chi connectivity index (χ3n) is 11.1. The van der Waals surface area contributed by atoms with Crippen LogP contribution in [0, 0.1) is 23.5 Å². The molecule has 2 aromatic heterocycles. The molecule has 0 atom stereocenters. The van der Waals surface area contributed by atoms with Crippen LogP contribution in [0.15, 0.2) is 77.5 Å². The Morgan fingerprint density at radius 3 is 1.42 bits per heavy atom. The Kier molecular flexibility index (Phi) is 14.8. The molecule has 0 bridgehead atoms. The van der Waals surface area contributed by atoms with Gasteiger partial charge in [-0.15, -0.1) is 0 Å². The number of pyridine rings is 2. The van der Waals surface area contributed by atoms with E-state index in [4.69, 9.17) is 0 Å². The average molecular weight is 746 g/mol. The average Bonchev–Trinajstić information content (AvgIpc) is 3.13. The number of halogens is 3. The molecule has 0 unspecified atom stereocenters. The molecule has 0 radical (unpaired) electrons. The number of aromatic nitrogens is 2. The maximum absolute atomic E-state index is 14.1. The van der Waals surface area contributed by atoms with Crippen molar-refractivity contribution in [3.05, 3.63) is 100 Å². The van der Waals surface area contributed by atoms with Crippen LogP contribution in [0.2, 0.25) is 0 Å². The molecule has 2 aliphatic carbocycles. The van der Waals surface area contributed by atoms with E-state index in [1.807, 2.05) is 24.3 Å². The molecule has 2 aliphatic rings. The fourth-order valence-electron chi connectivity index (χ4n) is 8.03. The first-order chi connectivity index (χ1) is 24.3. The second kappa shape index (κ2) is 19.5. The second-order valence-electron chi connectivity index (χ2n) is 14.7. The Morgan fingerprint density at radius 2 is 1.02 bits per heavy atom. The third-order valence-corrected chi connectivity index (χ3v) is 11.5. The van der Waals surface area contributed by atoms with Crippen LogP contribution < -0.4 is 0 Å². The molecule has 50 heavy (non-hydrogen) atoms. The van der Waals surface area contributed by atoms with Crippen LogP contribution in [-0.2, 0) is 0 Å². The number of unbranched alkanes of at least 4 members (excludes halogenated alkanes) is 4. The monoisotopic (exact) mass is 744 g/mol. The normalized spacial score (nSPS) is 20.6. The van der Waals surface area contributed by atoms with Gasteiger partial charge in [0, 0.05) is 27.9 Å². The zero-order valence-electron chi connectivity index (χ0n) is 30.0. The Morgan fingerprint density at radius 1 is 0.600 bits per heavy atom. The molecule has 2 heterocycles. The summed E-state index contributed by atoms with van der Waals surface area (Å²) in [5.41, 5.74) is 5.08. The molecule has 3 nitrogen and oxygen atoms in total. The minimum Gasteiger partial charge on any atom is -0.506 e. The van der Waals surface area contributed by atoms with Gasteiger partial charge in [-0.3, -0.25) is 4.98 Å². The lowest BCUT2D eigenvalue weighted by Gasteiger charge is -2.29. The lowest BCUT2D eigenvalue weighted by atomic mass is 9.77. The van der Waals surface area contributed by atoms with Gasteiger partial charge < -0.3 is 5.11 Å². The predicted molar refractivity (Wildman–Crippen MR) is 206 cm³/mol. The zero-order valence-corrected chi connectivity index (χ0v) is 31.6. The van der Waals surface area contributed by atoms with Crippen LogP contribution in [-0.4, -0.2) is 15.1 Å². The summed E-state index contributed by atoms with van der Waals surface area (Å²) in [5.74, 6) is 2.23. The lowest BCUT2D eigenvalue weighted by molar-refractivity contribution is 0.303. The summed E-state index contributed by atoms with van der Waals surface area (Å²) in [6, 6.07) is 19.1. The zero-order chi connectivity index (χ0) is 35.3. The summed E-state index contributed by atoms with van der Waals surface area (Å²) in [5, 5.41) is 9.29. The Labute approximate surface area is 307 Å². The molecule has 2 saturated carbocycles. The largest absolute Gasteiger partial charge is 0.506 e. The van der Waals surface area contributed by atoms with Crippen LogP contribution in [0.3, 0.4) is 0 Å². The van der Waals surface area contributed by atoms with Crippen molar-refractivity contribution < 1.29 is 13.9 Å². The van der Waals surface area contributed by atoms with Gasteiger partial charge in [0.25, 0.3) is 0 Å². The van der Waals surface area contributed by atoms with E-state index in [0.717, 1.165) is 29.0 Å². The highest BCUT2D eigenvalue weighted by Crippen LogP contribution is 2.40. The van der Waals surface area contributed by atoms with Crippen LogP contribution in [0.4, 0.5) is 8.78 Å². The molecule has 2 fully saturated rings. The summed E-state index contributed by atoms with van der Waals surface area (Å²) in [7, 11) is 0. The smallest absolute Gasteiger partial charge is 0.153 e. The van der Waals surface area contributed by atoms with E-state index in [0.29, 0.717) is 27.7 Å². The molecule has 1 N–H and O–H groups in total. The number of hydrogen-bond donors (Lipinski definition) is 1. The van der Waals surface area contributed by atoms with Gasteiger partial charge in [-0.1, -0.05) is 114 Å². The third kappa shape index (κ3) is 10.9. The summed E-state index contributed by atoms with van der Waals surface area (Å²) in [4.78, 5) is 8.22. The van der Waals surface area contributed by atoms with Crippen molar-refractivity contribution in [1.82, 2.24) is 9.97 Å². The Hall–Kier alpha value is -3.12.